The Labute approximate surface area is 150 Å². The second-order valence-corrected chi connectivity index (χ2v) is 6.10. The van der Waals surface area contributed by atoms with Crippen LogP contribution < -0.4 is 10.2 Å². The Hall–Kier alpha value is -3.19. The lowest BCUT2D eigenvalue weighted by Crippen LogP contribution is -2.31. The molecule has 4 rings (SSSR count). The zero-order chi connectivity index (χ0) is 18.1. The Balaban J connectivity index is 1.55. The van der Waals surface area contributed by atoms with Crippen LogP contribution in [0.1, 0.15) is 16.1 Å². The number of amides is 2. The van der Waals surface area contributed by atoms with E-state index in [4.69, 9.17) is 4.74 Å². The Kier molecular flexibility index (Phi) is 4.14. The normalized spacial score (nSPS) is 13.0. The third-order valence-electron chi connectivity index (χ3n) is 4.45. The number of anilines is 2. The van der Waals surface area contributed by atoms with Crippen LogP contribution in [0.2, 0.25) is 0 Å². The Morgan fingerprint density at radius 2 is 2.15 bits per heavy atom. The topological polar surface area (TPSA) is 75.9 Å². The number of benzene rings is 1. The molecule has 3 aromatic rings. The quantitative estimate of drug-likeness (QED) is 0.782. The molecule has 0 spiro atoms. The molecule has 1 N–H and O–H groups in total. The standard InChI is InChI=1S/C19H18N4O3/c1-26-12-18(24)23-9-7-13-10-14(5-6-15(13)23)21-19(25)16-11-20-17-4-2-3-8-22(16)17/h2-6,8,10-11H,7,9,12H2,1H3,(H,21,25). The van der Waals surface area contributed by atoms with Crippen LogP contribution >= 0.6 is 0 Å². The van der Waals surface area contributed by atoms with Crippen molar-refractivity contribution in [3.05, 3.63) is 60.0 Å². The van der Waals surface area contributed by atoms with Crippen molar-refractivity contribution in [2.24, 2.45) is 0 Å². The molecule has 7 nitrogen and oxygen atoms in total. The number of aromatic nitrogens is 2. The third kappa shape index (κ3) is 2.82. The number of nitrogens with one attached hydrogen (secondary N) is 1. The molecule has 2 amide bonds. The zero-order valence-electron chi connectivity index (χ0n) is 14.3. The van der Waals surface area contributed by atoms with E-state index in [0.717, 1.165) is 23.3 Å². The number of carbonyl (C=O) groups excluding carboxylic acids is 2. The predicted molar refractivity (Wildman–Crippen MR) is 97.5 cm³/mol. The summed E-state index contributed by atoms with van der Waals surface area (Å²) in [6, 6.07) is 11.2. The number of rotatable bonds is 4. The molecule has 0 saturated heterocycles. The number of hydrogen-bond donors (Lipinski definition) is 1. The summed E-state index contributed by atoms with van der Waals surface area (Å²) >= 11 is 0. The smallest absolute Gasteiger partial charge is 0.274 e. The van der Waals surface area contributed by atoms with Gasteiger partial charge in [0.2, 0.25) is 0 Å². The molecule has 2 aromatic heterocycles. The van der Waals surface area contributed by atoms with Gasteiger partial charge in [-0.05, 0) is 42.3 Å². The van der Waals surface area contributed by atoms with E-state index < -0.39 is 0 Å². The molecular formula is C19H18N4O3. The monoisotopic (exact) mass is 350 g/mol. The molecule has 0 unspecified atom stereocenters. The summed E-state index contributed by atoms with van der Waals surface area (Å²) in [6.07, 6.45) is 4.12. The van der Waals surface area contributed by atoms with Crippen molar-refractivity contribution in [1.82, 2.24) is 9.38 Å². The van der Waals surface area contributed by atoms with Crippen molar-refractivity contribution in [3.8, 4) is 0 Å². The maximum atomic E-state index is 12.6. The first-order chi connectivity index (χ1) is 12.7. The van der Waals surface area contributed by atoms with Crippen molar-refractivity contribution in [2.45, 2.75) is 6.42 Å². The minimum Gasteiger partial charge on any atom is -0.375 e. The molecule has 1 aliphatic heterocycles. The third-order valence-corrected chi connectivity index (χ3v) is 4.45. The molecule has 26 heavy (non-hydrogen) atoms. The second kappa shape index (κ2) is 6.61. The summed E-state index contributed by atoms with van der Waals surface area (Å²) in [4.78, 5) is 30.6. The van der Waals surface area contributed by atoms with Crippen molar-refractivity contribution < 1.29 is 14.3 Å². The molecule has 0 saturated carbocycles. The van der Waals surface area contributed by atoms with Crippen LogP contribution in [0.25, 0.3) is 5.65 Å². The van der Waals surface area contributed by atoms with E-state index in [-0.39, 0.29) is 18.4 Å². The zero-order valence-corrected chi connectivity index (χ0v) is 14.3. The molecule has 0 bridgehead atoms. The predicted octanol–water partition coefficient (Wildman–Crippen LogP) is 2.12. The van der Waals surface area contributed by atoms with Gasteiger partial charge in [-0.25, -0.2) is 4.98 Å². The lowest BCUT2D eigenvalue weighted by molar-refractivity contribution is -0.122. The summed E-state index contributed by atoms with van der Waals surface area (Å²) in [5.74, 6) is -0.289. The highest BCUT2D eigenvalue weighted by Gasteiger charge is 2.24. The van der Waals surface area contributed by atoms with E-state index in [1.54, 1.807) is 27.8 Å². The Morgan fingerprint density at radius 3 is 3.00 bits per heavy atom. The summed E-state index contributed by atoms with van der Waals surface area (Å²) < 4.78 is 6.67. The van der Waals surface area contributed by atoms with Crippen molar-refractivity contribution in [3.63, 3.8) is 0 Å². The van der Waals surface area contributed by atoms with Gasteiger partial charge in [-0.3, -0.25) is 14.0 Å². The molecule has 7 heteroatoms. The summed E-state index contributed by atoms with van der Waals surface area (Å²) in [5, 5.41) is 2.91. The lowest BCUT2D eigenvalue weighted by atomic mass is 10.1. The van der Waals surface area contributed by atoms with E-state index in [2.05, 4.69) is 10.3 Å². The second-order valence-electron chi connectivity index (χ2n) is 6.10. The van der Waals surface area contributed by atoms with Crippen LogP contribution in [-0.2, 0) is 16.0 Å². The lowest BCUT2D eigenvalue weighted by Gasteiger charge is -2.17. The molecule has 0 radical (unpaired) electrons. The molecule has 1 aliphatic rings. The molecule has 1 aromatic carbocycles. The van der Waals surface area contributed by atoms with Crippen LogP contribution in [0.15, 0.2) is 48.8 Å². The van der Waals surface area contributed by atoms with Crippen molar-refractivity contribution in [2.75, 3.05) is 30.5 Å². The first kappa shape index (κ1) is 16.3. The fourth-order valence-electron chi connectivity index (χ4n) is 3.24. The maximum Gasteiger partial charge on any atom is 0.274 e. The number of fused-ring (bicyclic) bond motifs is 2. The van der Waals surface area contributed by atoms with Crippen LogP contribution in [0, 0.1) is 0 Å². The molecule has 3 heterocycles. The van der Waals surface area contributed by atoms with Crippen LogP contribution in [-0.4, -0.2) is 41.5 Å². The van der Waals surface area contributed by atoms with Crippen molar-refractivity contribution in [1.29, 1.82) is 0 Å². The summed E-state index contributed by atoms with van der Waals surface area (Å²) in [6.45, 7) is 0.689. The van der Waals surface area contributed by atoms with E-state index in [1.165, 1.54) is 7.11 Å². The van der Waals surface area contributed by atoms with Crippen LogP contribution in [0.3, 0.4) is 0 Å². The maximum absolute atomic E-state index is 12.6. The first-order valence-corrected chi connectivity index (χ1v) is 8.33. The minimum atomic E-state index is -0.228. The Bertz CT molecular complexity index is 995. The van der Waals surface area contributed by atoms with Crippen LogP contribution in [0.5, 0.6) is 0 Å². The van der Waals surface area contributed by atoms with Gasteiger partial charge >= 0.3 is 0 Å². The highest BCUT2D eigenvalue weighted by atomic mass is 16.5. The van der Waals surface area contributed by atoms with Crippen molar-refractivity contribution >= 4 is 28.8 Å². The largest absolute Gasteiger partial charge is 0.375 e. The van der Waals surface area contributed by atoms with Gasteiger partial charge in [0.1, 0.15) is 17.9 Å². The number of carbonyl (C=O) groups is 2. The Morgan fingerprint density at radius 1 is 1.27 bits per heavy atom. The van der Waals surface area contributed by atoms with Gasteiger partial charge < -0.3 is 15.0 Å². The van der Waals surface area contributed by atoms with Gasteiger partial charge in [-0.2, -0.15) is 0 Å². The number of pyridine rings is 1. The number of nitrogens with zero attached hydrogens (tertiary/aromatic N) is 3. The fraction of sp³-hybridized carbons (Fsp3) is 0.211. The highest BCUT2D eigenvalue weighted by molar-refractivity contribution is 6.04. The number of imidazole rings is 1. The number of ether oxygens (including phenoxy) is 1. The van der Waals surface area contributed by atoms with Gasteiger partial charge in [-0.1, -0.05) is 6.07 Å². The molecular weight excluding hydrogens is 332 g/mol. The number of hydrogen-bond acceptors (Lipinski definition) is 4. The van der Waals surface area contributed by atoms with E-state index in [1.807, 2.05) is 30.3 Å². The average Bonchev–Trinajstić information content (AvgIpc) is 3.25. The summed E-state index contributed by atoms with van der Waals surface area (Å²) in [5.41, 5.74) is 3.79. The van der Waals surface area contributed by atoms with E-state index in [0.29, 0.717) is 17.9 Å². The molecule has 0 fully saturated rings. The number of methoxy groups -OCH3 is 1. The van der Waals surface area contributed by atoms with Crippen LogP contribution in [0.4, 0.5) is 11.4 Å². The van der Waals surface area contributed by atoms with Gasteiger partial charge in [0.25, 0.3) is 11.8 Å². The van der Waals surface area contributed by atoms with E-state index in [9.17, 15) is 9.59 Å². The summed E-state index contributed by atoms with van der Waals surface area (Å²) in [7, 11) is 1.51. The molecule has 0 atom stereocenters. The molecule has 0 aliphatic carbocycles. The fourth-order valence-corrected chi connectivity index (χ4v) is 3.24. The average molecular weight is 350 g/mol. The van der Waals surface area contributed by atoms with Gasteiger partial charge in [0.15, 0.2) is 0 Å². The SMILES string of the molecule is COCC(=O)N1CCc2cc(NC(=O)c3cnc4ccccn34)ccc21. The highest BCUT2D eigenvalue weighted by Crippen LogP contribution is 2.30. The van der Waals surface area contributed by atoms with Gasteiger partial charge in [0, 0.05) is 31.2 Å². The minimum absolute atomic E-state index is 0.0613. The first-order valence-electron chi connectivity index (χ1n) is 8.33. The van der Waals surface area contributed by atoms with E-state index >= 15 is 0 Å². The van der Waals surface area contributed by atoms with Gasteiger partial charge in [0.05, 0.1) is 6.20 Å². The molecule has 132 valence electrons. The van der Waals surface area contributed by atoms with Gasteiger partial charge in [-0.15, -0.1) is 0 Å².